The van der Waals surface area contributed by atoms with E-state index in [-0.39, 0.29) is 0 Å². The molecular weight excluding hydrogens is 186 g/mol. The Labute approximate surface area is 91.0 Å². The number of hydrogen-bond donors (Lipinski definition) is 0. The molecule has 1 aromatic rings. The normalized spacial score (nSPS) is 20.9. The van der Waals surface area contributed by atoms with Crippen LogP contribution >= 0.6 is 0 Å². The molecule has 0 amide bonds. The van der Waals surface area contributed by atoms with Crippen LogP contribution in [0, 0.1) is 6.92 Å². The number of aryl methyl sites for hydroxylation is 1. The molecule has 80 valence electrons. The van der Waals surface area contributed by atoms with Gasteiger partial charge in [0.05, 0.1) is 0 Å². The lowest BCUT2D eigenvalue weighted by molar-refractivity contribution is 0.179. The minimum atomic E-state index is 0.310. The zero-order chi connectivity index (χ0) is 10.7. The maximum absolute atomic E-state index is 5.83. The maximum atomic E-state index is 5.83. The highest BCUT2D eigenvalue weighted by Gasteiger charge is 2.14. The molecule has 1 aliphatic carbocycles. The average molecular weight is 203 g/mol. The minimum Gasteiger partial charge on any atom is -0.474 e. The van der Waals surface area contributed by atoms with Gasteiger partial charge in [-0.25, -0.2) is 4.98 Å². The van der Waals surface area contributed by atoms with Gasteiger partial charge in [0, 0.05) is 18.7 Å². The number of nitrogens with zero attached hydrogens (tertiary/aromatic N) is 1. The Kier molecular flexibility index (Phi) is 3.05. The summed E-state index contributed by atoms with van der Waals surface area (Å²) in [6.45, 7) is 4.20. The van der Waals surface area contributed by atoms with Crippen LogP contribution in [0.5, 0.6) is 5.88 Å². The molecule has 0 unspecified atom stereocenters. The molecule has 0 spiro atoms. The van der Waals surface area contributed by atoms with E-state index in [0.717, 1.165) is 25.1 Å². The van der Waals surface area contributed by atoms with Crippen molar-refractivity contribution in [3.8, 4) is 5.88 Å². The Hall–Kier alpha value is -1.31. The topological polar surface area (TPSA) is 22.1 Å². The van der Waals surface area contributed by atoms with E-state index in [9.17, 15) is 0 Å². The summed E-state index contributed by atoms with van der Waals surface area (Å²) in [6.07, 6.45) is 7.72. The zero-order valence-electron chi connectivity index (χ0n) is 9.36. The highest BCUT2D eigenvalue weighted by molar-refractivity contribution is 5.17. The van der Waals surface area contributed by atoms with Crippen molar-refractivity contribution in [1.29, 1.82) is 0 Å². The predicted octanol–water partition coefficient (Wildman–Crippen LogP) is 3.27. The summed E-state index contributed by atoms with van der Waals surface area (Å²) in [5.41, 5.74) is 2.60. The summed E-state index contributed by atoms with van der Waals surface area (Å²) < 4.78 is 5.83. The van der Waals surface area contributed by atoms with Crippen LogP contribution in [0.25, 0.3) is 0 Å². The van der Waals surface area contributed by atoms with Gasteiger partial charge < -0.3 is 4.74 Å². The van der Waals surface area contributed by atoms with Crippen molar-refractivity contribution in [3.05, 3.63) is 35.5 Å². The summed E-state index contributed by atoms with van der Waals surface area (Å²) >= 11 is 0. The first-order chi connectivity index (χ1) is 7.24. The molecule has 0 aromatic carbocycles. The number of hydrogen-bond acceptors (Lipinski definition) is 2. The molecular formula is C13H17NO. The summed E-state index contributed by atoms with van der Waals surface area (Å²) in [4.78, 5) is 4.26. The summed E-state index contributed by atoms with van der Waals surface area (Å²) in [5.74, 6) is 0.750. The third-order valence-electron chi connectivity index (χ3n) is 2.70. The number of rotatable bonds is 2. The number of pyridine rings is 1. The van der Waals surface area contributed by atoms with Crippen molar-refractivity contribution in [2.45, 2.75) is 39.2 Å². The number of allylic oxidation sites excluding steroid dienone is 1. The molecule has 1 heterocycles. The first kappa shape index (κ1) is 10.2. The largest absolute Gasteiger partial charge is 0.474 e. The molecule has 1 aliphatic rings. The van der Waals surface area contributed by atoms with E-state index in [0.29, 0.717) is 6.10 Å². The van der Waals surface area contributed by atoms with Crippen LogP contribution in [-0.2, 0) is 0 Å². The Bertz CT molecular complexity index is 353. The molecule has 0 bridgehead atoms. The van der Waals surface area contributed by atoms with Crippen LogP contribution in [0.4, 0.5) is 0 Å². The van der Waals surface area contributed by atoms with Gasteiger partial charge in [-0.3, -0.25) is 0 Å². The Morgan fingerprint density at radius 1 is 1.33 bits per heavy atom. The van der Waals surface area contributed by atoms with Crippen molar-refractivity contribution in [2.75, 3.05) is 0 Å². The number of aromatic nitrogens is 1. The second-order valence-corrected chi connectivity index (χ2v) is 4.25. The molecule has 0 radical (unpaired) electrons. The van der Waals surface area contributed by atoms with Crippen molar-refractivity contribution < 1.29 is 4.74 Å². The van der Waals surface area contributed by atoms with Crippen LogP contribution in [0.15, 0.2) is 30.0 Å². The average Bonchev–Trinajstić information content (AvgIpc) is 2.22. The van der Waals surface area contributed by atoms with Gasteiger partial charge in [0.15, 0.2) is 0 Å². The molecule has 0 fully saturated rings. The van der Waals surface area contributed by atoms with E-state index in [4.69, 9.17) is 4.74 Å². The molecule has 1 atom stereocenters. The van der Waals surface area contributed by atoms with E-state index in [2.05, 4.69) is 18.0 Å². The van der Waals surface area contributed by atoms with Crippen LogP contribution in [-0.4, -0.2) is 11.1 Å². The molecule has 2 heteroatoms. The fourth-order valence-corrected chi connectivity index (χ4v) is 1.86. The molecule has 0 aliphatic heterocycles. The lowest BCUT2D eigenvalue weighted by Crippen LogP contribution is -2.19. The minimum absolute atomic E-state index is 0.310. The predicted molar refractivity (Wildman–Crippen MR) is 61.0 cm³/mol. The SMILES string of the molecule is CC1=CCC[C@H](Oc2ccc(C)cn2)C1. The monoisotopic (exact) mass is 203 g/mol. The van der Waals surface area contributed by atoms with Gasteiger partial charge in [-0.05, 0) is 32.3 Å². The summed E-state index contributed by atoms with van der Waals surface area (Å²) in [6, 6.07) is 3.98. The van der Waals surface area contributed by atoms with Crippen LogP contribution in [0.2, 0.25) is 0 Å². The summed E-state index contributed by atoms with van der Waals surface area (Å²) in [5, 5.41) is 0. The van der Waals surface area contributed by atoms with E-state index >= 15 is 0 Å². The molecule has 2 rings (SSSR count). The molecule has 0 saturated heterocycles. The van der Waals surface area contributed by atoms with E-state index in [1.807, 2.05) is 25.3 Å². The molecule has 2 nitrogen and oxygen atoms in total. The van der Waals surface area contributed by atoms with Gasteiger partial charge in [-0.1, -0.05) is 17.7 Å². The van der Waals surface area contributed by atoms with Gasteiger partial charge >= 0.3 is 0 Å². The van der Waals surface area contributed by atoms with Crippen LogP contribution in [0.1, 0.15) is 31.7 Å². The van der Waals surface area contributed by atoms with Gasteiger partial charge in [0.25, 0.3) is 0 Å². The molecule has 0 saturated carbocycles. The highest BCUT2D eigenvalue weighted by atomic mass is 16.5. The van der Waals surface area contributed by atoms with E-state index in [1.165, 1.54) is 11.1 Å². The molecule has 0 N–H and O–H groups in total. The second-order valence-electron chi connectivity index (χ2n) is 4.25. The van der Waals surface area contributed by atoms with Crippen molar-refractivity contribution >= 4 is 0 Å². The van der Waals surface area contributed by atoms with Crippen molar-refractivity contribution in [1.82, 2.24) is 4.98 Å². The number of ether oxygens (including phenoxy) is 1. The zero-order valence-corrected chi connectivity index (χ0v) is 9.36. The van der Waals surface area contributed by atoms with Gasteiger partial charge in [-0.15, -0.1) is 0 Å². The fourth-order valence-electron chi connectivity index (χ4n) is 1.86. The van der Waals surface area contributed by atoms with Crippen molar-refractivity contribution in [3.63, 3.8) is 0 Å². The lowest BCUT2D eigenvalue weighted by Gasteiger charge is -2.21. The highest BCUT2D eigenvalue weighted by Crippen LogP contribution is 2.22. The Morgan fingerprint density at radius 3 is 2.87 bits per heavy atom. The van der Waals surface area contributed by atoms with Gasteiger partial charge in [-0.2, -0.15) is 0 Å². The first-order valence-corrected chi connectivity index (χ1v) is 5.49. The quantitative estimate of drug-likeness (QED) is 0.688. The maximum Gasteiger partial charge on any atom is 0.213 e. The van der Waals surface area contributed by atoms with Gasteiger partial charge in [0.1, 0.15) is 6.10 Å². The Morgan fingerprint density at radius 2 is 2.20 bits per heavy atom. The lowest BCUT2D eigenvalue weighted by atomic mass is 9.98. The summed E-state index contributed by atoms with van der Waals surface area (Å²) in [7, 11) is 0. The third kappa shape index (κ3) is 2.82. The fraction of sp³-hybridized carbons (Fsp3) is 0.462. The first-order valence-electron chi connectivity index (χ1n) is 5.49. The van der Waals surface area contributed by atoms with Crippen LogP contribution < -0.4 is 4.74 Å². The Balaban J connectivity index is 1.97. The molecule has 15 heavy (non-hydrogen) atoms. The third-order valence-corrected chi connectivity index (χ3v) is 2.70. The smallest absolute Gasteiger partial charge is 0.213 e. The van der Waals surface area contributed by atoms with Crippen molar-refractivity contribution in [2.24, 2.45) is 0 Å². The van der Waals surface area contributed by atoms with E-state index < -0.39 is 0 Å². The second kappa shape index (κ2) is 4.47. The van der Waals surface area contributed by atoms with Gasteiger partial charge in [0.2, 0.25) is 5.88 Å². The molecule has 1 aromatic heterocycles. The van der Waals surface area contributed by atoms with E-state index in [1.54, 1.807) is 0 Å². The van der Waals surface area contributed by atoms with Crippen LogP contribution in [0.3, 0.4) is 0 Å². The standard InChI is InChI=1S/C13H17NO/c1-10-4-3-5-12(8-10)15-13-7-6-11(2)9-14-13/h4,6-7,9,12H,3,5,8H2,1-2H3/t12-/m0/s1.